The van der Waals surface area contributed by atoms with Crippen molar-refractivity contribution in [2.45, 2.75) is 102 Å². The highest BCUT2D eigenvalue weighted by atomic mass is 79.9. The molecule has 2 aliphatic carbocycles. The van der Waals surface area contributed by atoms with E-state index in [2.05, 4.69) is 37.9 Å². The van der Waals surface area contributed by atoms with Crippen molar-refractivity contribution in [3.63, 3.8) is 0 Å². The molecule has 2 saturated carbocycles. The van der Waals surface area contributed by atoms with Crippen molar-refractivity contribution in [3.05, 3.63) is 71.7 Å². The molecule has 1 saturated heterocycles. The maximum atomic E-state index is 14.7. The number of furan rings is 1. The zero-order chi connectivity index (χ0) is 41.9. The third-order valence-corrected chi connectivity index (χ3v) is 12.9. The maximum absolute atomic E-state index is 14.7. The number of fused-ring (bicyclic) bond motifs is 3. The highest BCUT2D eigenvalue weighted by Crippen LogP contribution is 2.46. The second-order valence-electron chi connectivity index (χ2n) is 17.4. The van der Waals surface area contributed by atoms with Crippen LogP contribution >= 0.6 is 15.9 Å². The SMILES string of the molecule is C=C[C@@H]1C[C@]1(NC(=O)[C@@H]1C[C@@H](Oc2cc(-c3ccccc3)nc3c2oc2ccc(Br)cc23)CN1C(=O)[C@@H](NC(=O)OC(C)(C)C)C(C)(C)C)C(=O)NS(=O)(=O)C1CC1. The Kier molecular flexibility index (Phi) is 10.7. The average molecular weight is 879 g/mol. The summed E-state index contributed by atoms with van der Waals surface area (Å²) in [4.78, 5) is 62.2. The van der Waals surface area contributed by atoms with Gasteiger partial charge in [0.1, 0.15) is 40.4 Å². The number of hydrogen-bond acceptors (Lipinski definition) is 10. The Morgan fingerprint density at radius 2 is 1.76 bits per heavy atom. The third-order valence-electron chi connectivity index (χ3n) is 10.6. The number of alkyl carbamates (subject to hydrolysis) is 1. The standard InChI is InChI=1S/C42H48BrN5O9S/c1-8-24-21-42(24,38(51)47-58(53,54)27-15-16-27)46-36(49)30-19-26(22-48(30)37(50)35(40(2,3)4)45-39(52)57-41(5,6)7)55-32-20-29(23-12-10-9-11-13-23)44-33-28-18-25(43)14-17-31(28)56-34(32)33/h8-14,17-18,20,24,26-27,30,35H,1,15-16,19,21-22H2,2-7H3,(H,45,52)(H,46,49)(H,47,51)/t24-,26-,30+,35-,42-/m1/s1. The molecular weight excluding hydrogens is 830 g/mol. The number of benzene rings is 2. The van der Waals surface area contributed by atoms with E-state index in [-0.39, 0.29) is 19.4 Å². The van der Waals surface area contributed by atoms with E-state index in [0.717, 1.165) is 15.4 Å². The summed E-state index contributed by atoms with van der Waals surface area (Å²) in [7, 11) is -3.93. The van der Waals surface area contributed by atoms with E-state index < -0.39 is 79.7 Å². The molecule has 3 N–H and O–H groups in total. The molecule has 14 nitrogen and oxygen atoms in total. The van der Waals surface area contributed by atoms with Crippen molar-refractivity contribution in [1.82, 2.24) is 25.2 Å². The molecule has 1 aliphatic heterocycles. The van der Waals surface area contributed by atoms with Gasteiger partial charge in [0.15, 0.2) is 11.3 Å². The van der Waals surface area contributed by atoms with Gasteiger partial charge in [0.2, 0.25) is 21.8 Å². The number of ether oxygens (including phenoxy) is 2. The van der Waals surface area contributed by atoms with Crippen molar-refractivity contribution in [3.8, 4) is 17.0 Å². The van der Waals surface area contributed by atoms with Crippen molar-refractivity contribution in [2.75, 3.05) is 6.54 Å². The first-order chi connectivity index (χ1) is 27.2. The van der Waals surface area contributed by atoms with Gasteiger partial charge >= 0.3 is 6.09 Å². The van der Waals surface area contributed by atoms with E-state index in [1.807, 2.05) is 48.5 Å². The van der Waals surface area contributed by atoms with Gasteiger partial charge in [-0.15, -0.1) is 6.58 Å². The normalized spacial score (nSPS) is 22.6. The van der Waals surface area contributed by atoms with Crippen LogP contribution in [-0.4, -0.2) is 83.2 Å². The minimum atomic E-state index is -3.93. The van der Waals surface area contributed by atoms with Crippen LogP contribution in [0, 0.1) is 11.3 Å². The van der Waals surface area contributed by atoms with Gasteiger partial charge in [-0.25, -0.2) is 18.2 Å². The number of carbonyl (C=O) groups excluding carboxylic acids is 4. The Morgan fingerprint density at radius 3 is 2.38 bits per heavy atom. The zero-order valence-corrected chi connectivity index (χ0v) is 35.7. The van der Waals surface area contributed by atoms with Crippen molar-refractivity contribution in [1.29, 1.82) is 0 Å². The van der Waals surface area contributed by atoms with E-state index >= 15 is 0 Å². The van der Waals surface area contributed by atoms with Gasteiger partial charge in [-0.1, -0.05) is 73.1 Å². The van der Waals surface area contributed by atoms with Gasteiger partial charge in [0, 0.05) is 33.8 Å². The molecule has 4 amide bonds. The predicted octanol–water partition coefficient (Wildman–Crippen LogP) is 6.37. The van der Waals surface area contributed by atoms with Crippen LogP contribution in [-0.2, 0) is 29.1 Å². The molecule has 0 bridgehead atoms. The molecule has 2 aromatic carbocycles. The minimum absolute atomic E-state index is 0.0199. The molecular formula is C42H48BrN5O9S. The van der Waals surface area contributed by atoms with E-state index in [4.69, 9.17) is 18.9 Å². The number of aromatic nitrogens is 1. The van der Waals surface area contributed by atoms with Crippen LogP contribution in [0.5, 0.6) is 5.75 Å². The number of hydrogen-bond donors (Lipinski definition) is 3. The second kappa shape index (κ2) is 15.0. The quantitative estimate of drug-likeness (QED) is 0.143. The number of amides is 4. The van der Waals surface area contributed by atoms with Gasteiger partial charge in [0.25, 0.3) is 5.91 Å². The summed E-state index contributed by atoms with van der Waals surface area (Å²) >= 11 is 3.55. The molecule has 16 heteroatoms. The van der Waals surface area contributed by atoms with Crippen LogP contribution in [0.15, 0.2) is 76.1 Å². The van der Waals surface area contributed by atoms with Gasteiger partial charge < -0.3 is 29.4 Å². The minimum Gasteiger partial charge on any atom is -0.484 e. The van der Waals surface area contributed by atoms with Gasteiger partial charge in [-0.05, 0) is 63.6 Å². The number of likely N-dealkylation sites (tertiary alicyclic amines) is 1. The first kappa shape index (κ1) is 41.2. The lowest BCUT2D eigenvalue weighted by Crippen LogP contribution is -2.60. The number of carbonyl (C=O) groups is 4. The fraction of sp³-hybridized carbons (Fsp3) is 0.452. The number of nitrogens with zero attached hydrogens (tertiary/aromatic N) is 2. The molecule has 7 rings (SSSR count). The fourth-order valence-corrected chi connectivity index (χ4v) is 9.06. The average Bonchev–Trinajstić information content (AvgIpc) is 4.05. The van der Waals surface area contributed by atoms with E-state index in [1.54, 1.807) is 47.6 Å². The van der Waals surface area contributed by atoms with Gasteiger partial charge in [-0.2, -0.15) is 0 Å². The van der Waals surface area contributed by atoms with Gasteiger partial charge in [0.05, 0.1) is 17.5 Å². The Hall–Kier alpha value is -4.96. The molecule has 3 fully saturated rings. The largest absolute Gasteiger partial charge is 0.484 e. The molecule has 58 heavy (non-hydrogen) atoms. The lowest BCUT2D eigenvalue weighted by atomic mass is 9.85. The summed E-state index contributed by atoms with van der Waals surface area (Å²) < 4.78 is 47.1. The number of halogens is 1. The highest BCUT2D eigenvalue weighted by molar-refractivity contribution is 9.10. The molecule has 4 aromatic rings. The van der Waals surface area contributed by atoms with Crippen LogP contribution in [0.4, 0.5) is 4.79 Å². The maximum Gasteiger partial charge on any atom is 0.408 e. The van der Waals surface area contributed by atoms with E-state index in [0.29, 0.717) is 41.0 Å². The summed E-state index contributed by atoms with van der Waals surface area (Å²) in [5.41, 5.74) is -0.335. The summed E-state index contributed by atoms with van der Waals surface area (Å²) in [6.45, 7) is 14.2. The molecule has 2 aromatic heterocycles. The van der Waals surface area contributed by atoms with Crippen LogP contribution in [0.3, 0.4) is 0 Å². The summed E-state index contributed by atoms with van der Waals surface area (Å²) in [5.74, 6) is -2.33. The zero-order valence-electron chi connectivity index (χ0n) is 33.3. The molecule has 0 unspecified atom stereocenters. The number of rotatable bonds is 11. The van der Waals surface area contributed by atoms with Crippen LogP contribution < -0.4 is 20.1 Å². The number of pyridine rings is 1. The number of nitrogens with one attached hydrogen (secondary N) is 3. The Labute approximate surface area is 345 Å². The lowest BCUT2D eigenvalue weighted by Gasteiger charge is -2.36. The van der Waals surface area contributed by atoms with Crippen LogP contribution in [0.25, 0.3) is 33.3 Å². The monoisotopic (exact) mass is 877 g/mol. The highest BCUT2D eigenvalue weighted by Gasteiger charge is 2.62. The summed E-state index contributed by atoms with van der Waals surface area (Å²) in [6, 6.07) is 14.6. The summed E-state index contributed by atoms with van der Waals surface area (Å²) in [5, 5.41) is 5.63. The molecule has 0 radical (unpaired) electrons. The van der Waals surface area contributed by atoms with Crippen molar-refractivity contribution >= 4 is 71.8 Å². The molecule has 308 valence electrons. The molecule has 0 spiro atoms. The van der Waals surface area contributed by atoms with E-state index in [9.17, 15) is 27.6 Å². The van der Waals surface area contributed by atoms with Crippen LogP contribution in [0.1, 0.15) is 67.2 Å². The number of sulfonamides is 1. The fourth-order valence-electron chi connectivity index (χ4n) is 7.34. The molecule has 3 aliphatic rings. The molecule has 5 atom stereocenters. The predicted molar refractivity (Wildman–Crippen MR) is 221 cm³/mol. The molecule has 3 heterocycles. The Bertz CT molecular complexity index is 2420. The lowest BCUT2D eigenvalue weighted by molar-refractivity contribution is -0.143. The first-order valence-corrected chi connectivity index (χ1v) is 21.6. The second-order valence-corrected chi connectivity index (χ2v) is 20.3. The van der Waals surface area contributed by atoms with Crippen LogP contribution in [0.2, 0.25) is 0 Å². The van der Waals surface area contributed by atoms with Crippen molar-refractivity contribution < 1.29 is 41.5 Å². The topological polar surface area (TPSA) is 186 Å². The Morgan fingerprint density at radius 1 is 1.05 bits per heavy atom. The Balaban J connectivity index is 1.24. The third kappa shape index (κ3) is 8.44. The van der Waals surface area contributed by atoms with Crippen molar-refractivity contribution in [2.24, 2.45) is 11.3 Å². The summed E-state index contributed by atoms with van der Waals surface area (Å²) in [6.07, 6.45) is 0.900. The van der Waals surface area contributed by atoms with E-state index in [1.165, 1.54) is 11.0 Å². The smallest absolute Gasteiger partial charge is 0.408 e. The first-order valence-electron chi connectivity index (χ1n) is 19.2. The van der Waals surface area contributed by atoms with Gasteiger partial charge in [-0.3, -0.25) is 19.1 Å².